The fourth-order valence-corrected chi connectivity index (χ4v) is 1.30. The van der Waals surface area contributed by atoms with Gasteiger partial charge in [-0.3, -0.25) is 4.79 Å². The monoisotopic (exact) mass is 198 g/mol. The summed E-state index contributed by atoms with van der Waals surface area (Å²) < 4.78 is 4.92. The van der Waals surface area contributed by atoms with Crippen molar-refractivity contribution >= 4 is 5.97 Å². The molecule has 0 spiro atoms. The van der Waals surface area contributed by atoms with Crippen molar-refractivity contribution in [1.29, 1.82) is 0 Å². The van der Waals surface area contributed by atoms with Crippen molar-refractivity contribution in [2.24, 2.45) is 0 Å². The van der Waals surface area contributed by atoms with Gasteiger partial charge < -0.3 is 4.74 Å². The van der Waals surface area contributed by atoms with Crippen LogP contribution in [0.25, 0.3) is 0 Å². The molecule has 74 valence electrons. The molecule has 1 aliphatic rings. The zero-order valence-corrected chi connectivity index (χ0v) is 8.19. The molecular weight excluding hydrogens is 188 g/mol. The minimum atomic E-state index is -0.164. The molecule has 0 atom stereocenters. The van der Waals surface area contributed by atoms with Gasteiger partial charge in [-0.1, -0.05) is 30.0 Å². The summed E-state index contributed by atoms with van der Waals surface area (Å²) in [5.41, 5.74) is 0.957. The molecule has 15 heavy (non-hydrogen) atoms. The zero-order chi connectivity index (χ0) is 10.5. The number of benzene rings is 1. The molecule has 0 amide bonds. The Hall–Kier alpha value is -2.01. The fourth-order valence-electron chi connectivity index (χ4n) is 1.30. The van der Waals surface area contributed by atoms with E-state index >= 15 is 0 Å². The molecule has 1 aromatic rings. The topological polar surface area (TPSA) is 26.3 Å². The van der Waals surface area contributed by atoms with Crippen molar-refractivity contribution in [3.63, 3.8) is 0 Å². The van der Waals surface area contributed by atoms with E-state index in [1.165, 1.54) is 0 Å². The minimum Gasteiger partial charge on any atom is -0.430 e. The average Bonchev–Trinajstić information content (AvgIpc) is 2.66. The van der Waals surface area contributed by atoms with Crippen LogP contribution in [-0.4, -0.2) is 5.97 Å². The van der Waals surface area contributed by atoms with Crippen molar-refractivity contribution in [2.45, 2.75) is 12.8 Å². The summed E-state index contributed by atoms with van der Waals surface area (Å²) in [4.78, 5) is 10.8. The SMILES string of the molecule is O=C1CCC(=CC#Cc2ccccc2)O1. The number of cyclic esters (lactones) is 1. The fraction of sp³-hybridized carbons (Fsp3) is 0.154. The Labute approximate surface area is 88.6 Å². The number of hydrogen-bond donors (Lipinski definition) is 0. The van der Waals surface area contributed by atoms with Gasteiger partial charge in [0.15, 0.2) is 0 Å². The molecule has 0 radical (unpaired) electrons. The van der Waals surface area contributed by atoms with Gasteiger partial charge in [-0.05, 0) is 12.1 Å². The second-order valence-corrected chi connectivity index (χ2v) is 3.22. The van der Waals surface area contributed by atoms with Gasteiger partial charge in [0.25, 0.3) is 0 Å². The van der Waals surface area contributed by atoms with Crippen LogP contribution in [-0.2, 0) is 9.53 Å². The number of hydrogen-bond acceptors (Lipinski definition) is 2. The van der Waals surface area contributed by atoms with Crippen molar-refractivity contribution in [3.8, 4) is 11.8 Å². The highest BCUT2D eigenvalue weighted by atomic mass is 16.5. The molecule has 1 aromatic carbocycles. The molecule has 0 unspecified atom stereocenters. The van der Waals surface area contributed by atoms with Gasteiger partial charge in [-0.25, -0.2) is 0 Å². The van der Waals surface area contributed by atoms with E-state index in [0.29, 0.717) is 18.6 Å². The van der Waals surface area contributed by atoms with Crippen LogP contribution in [0.15, 0.2) is 42.2 Å². The molecule has 0 aliphatic carbocycles. The van der Waals surface area contributed by atoms with E-state index in [1.807, 2.05) is 30.3 Å². The lowest BCUT2D eigenvalue weighted by Crippen LogP contribution is -1.88. The number of carbonyl (C=O) groups is 1. The van der Waals surface area contributed by atoms with Crippen molar-refractivity contribution in [2.75, 3.05) is 0 Å². The Bertz CT molecular complexity index is 446. The van der Waals surface area contributed by atoms with Crippen molar-refractivity contribution in [1.82, 2.24) is 0 Å². The molecule has 1 saturated heterocycles. The van der Waals surface area contributed by atoms with Gasteiger partial charge in [-0.15, -0.1) is 0 Å². The molecule has 0 N–H and O–H groups in total. The highest BCUT2D eigenvalue weighted by Gasteiger charge is 2.15. The van der Waals surface area contributed by atoms with Crippen LogP contribution < -0.4 is 0 Å². The third-order valence-electron chi connectivity index (χ3n) is 2.04. The first-order valence-corrected chi connectivity index (χ1v) is 4.81. The van der Waals surface area contributed by atoms with Gasteiger partial charge in [0.05, 0.1) is 6.42 Å². The molecule has 2 heteroatoms. The molecule has 2 nitrogen and oxygen atoms in total. The Balaban J connectivity index is 2.04. The van der Waals surface area contributed by atoms with E-state index in [1.54, 1.807) is 6.08 Å². The predicted octanol–water partition coefficient (Wildman–Crippen LogP) is 2.26. The Morgan fingerprint density at radius 1 is 1.20 bits per heavy atom. The average molecular weight is 198 g/mol. The van der Waals surface area contributed by atoms with E-state index in [2.05, 4.69) is 11.8 Å². The summed E-state index contributed by atoms with van der Waals surface area (Å²) in [5, 5.41) is 0. The molecular formula is C13H10O2. The maximum absolute atomic E-state index is 10.8. The van der Waals surface area contributed by atoms with Gasteiger partial charge >= 0.3 is 5.97 Å². The van der Waals surface area contributed by atoms with Gasteiger partial charge in [-0.2, -0.15) is 0 Å². The quantitative estimate of drug-likeness (QED) is 0.472. The summed E-state index contributed by atoms with van der Waals surface area (Å²) in [6, 6.07) is 9.69. The van der Waals surface area contributed by atoms with E-state index in [-0.39, 0.29) is 5.97 Å². The smallest absolute Gasteiger partial charge is 0.311 e. The Kier molecular flexibility index (Phi) is 2.85. The van der Waals surface area contributed by atoms with Crippen LogP contribution in [0, 0.1) is 11.8 Å². The lowest BCUT2D eigenvalue weighted by Gasteiger charge is -1.90. The minimum absolute atomic E-state index is 0.164. The first kappa shape index (κ1) is 9.54. The molecule has 1 heterocycles. The highest BCUT2D eigenvalue weighted by Crippen LogP contribution is 2.16. The summed E-state index contributed by atoms with van der Waals surface area (Å²) in [7, 11) is 0. The van der Waals surface area contributed by atoms with Crippen molar-refractivity contribution in [3.05, 3.63) is 47.7 Å². The van der Waals surface area contributed by atoms with Gasteiger partial charge in [0.2, 0.25) is 0 Å². The summed E-state index contributed by atoms with van der Waals surface area (Å²) >= 11 is 0. The molecule has 0 saturated carbocycles. The number of ether oxygens (including phenoxy) is 1. The van der Waals surface area contributed by atoms with E-state index in [0.717, 1.165) is 5.56 Å². The van der Waals surface area contributed by atoms with Gasteiger partial charge in [0.1, 0.15) is 5.76 Å². The van der Waals surface area contributed by atoms with Crippen LogP contribution in [0.2, 0.25) is 0 Å². The lowest BCUT2D eigenvalue weighted by atomic mass is 10.2. The molecule has 2 rings (SSSR count). The Morgan fingerprint density at radius 2 is 2.00 bits per heavy atom. The van der Waals surface area contributed by atoms with E-state index < -0.39 is 0 Å². The maximum atomic E-state index is 10.8. The normalized spacial score (nSPS) is 17.1. The molecule has 1 aliphatic heterocycles. The summed E-state index contributed by atoms with van der Waals surface area (Å²) in [6.45, 7) is 0. The third kappa shape index (κ3) is 2.72. The van der Waals surface area contributed by atoms with Crippen LogP contribution >= 0.6 is 0 Å². The molecule has 0 bridgehead atoms. The highest BCUT2D eigenvalue weighted by molar-refractivity contribution is 5.73. The van der Waals surface area contributed by atoms with Gasteiger partial charge in [0, 0.05) is 18.1 Å². The predicted molar refractivity (Wildman–Crippen MR) is 56.7 cm³/mol. The number of rotatable bonds is 0. The standard InChI is InChI=1S/C13H10O2/c14-13-10-9-12(15-13)8-4-7-11-5-2-1-3-6-11/h1-3,5-6,8H,9-10H2. The first-order chi connectivity index (χ1) is 7.34. The largest absolute Gasteiger partial charge is 0.430 e. The molecule has 0 aromatic heterocycles. The number of carbonyl (C=O) groups excluding carboxylic acids is 1. The van der Waals surface area contributed by atoms with Crippen LogP contribution in [0.3, 0.4) is 0 Å². The second-order valence-electron chi connectivity index (χ2n) is 3.22. The van der Waals surface area contributed by atoms with E-state index in [4.69, 9.17) is 4.74 Å². The summed E-state index contributed by atoms with van der Waals surface area (Å²) in [5.74, 6) is 6.35. The first-order valence-electron chi connectivity index (χ1n) is 4.81. The Morgan fingerprint density at radius 3 is 2.67 bits per heavy atom. The second kappa shape index (κ2) is 4.47. The van der Waals surface area contributed by atoms with Crippen LogP contribution in [0.4, 0.5) is 0 Å². The lowest BCUT2D eigenvalue weighted by molar-refractivity contribution is -0.135. The maximum Gasteiger partial charge on any atom is 0.311 e. The van der Waals surface area contributed by atoms with Crippen LogP contribution in [0.1, 0.15) is 18.4 Å². The van der Waals surface area contributed by atoms with E-state index in [9.17, 15) is 4.79 Å². The summed E-state index contributed by atoms with van der Waals surface area (Å²) in [6.07, 6.45) is 2.80. The van der Waals surface area contributed by atoms with Crippen LogP contribution in [0.5, 0.6) is 0 Å². The molecule has 1 fully saturated rings. The third-order valence-corrected chi connectivity index (χ3v) is 2.04. The zero-order valence-electron chi connectivity index (χ0n) is 8.19. The number of esters is 1. The number of allylic oxidation sites excluding steroid dienone is 2. The van der Waals surface area contributed by atoms with Crippen molar-refractivity contribution < 1.29 is 9.53 Å².